The van der Waals surface area contributed by atoms with E-state index in [1.54, 1.807) is 21.9 Å². The van der Waals surface area contributed by atoms with E-state index in [-0.39, 0.29) is 24.7 Å². The molecule has 1 fully saturated rings. The summed E-state index contributed by atoms with van der Waals surface area (Å²) in [6.45, 7) is 4.83. The molecule has 1 aliphatic heterocycles. The summed E-state index contributed by atoms with van der Waals surface area (Å²) in [5.74, 6) is -0.784. The number of piperazine rings is 1. The van der Waals surface area contributed by atoms with Crippen molar-refractivity contribution in [3.8, 4) is 5.75 Å². The highest BCUT2D eigenvalue weighted by Gasteiger charge is 2.23. The molecule has 0 aromatic heterocycles. The standard InChI is InChI=1S/C20H27N3O6/c1-14-4-5-17(28-3)16(12-14)21-18(25)13-29-20(27)7-6-19(26)23-10-8-22(9-11-23)15(2)24/h4-5,12H,6-11,13H2,1-3H3,(H,21,25). The molecule has 1 heterocycles. The van der Waals surface area contributed by atoms with Crippen molar-refractivity contribution in [3.05, 3.63) is 23.8 Å². The molecule has 0 spiro atoms. The Hall–Kier alpha value is -3.10. The molecule has 0 atom stereocenters. The monoisotopic (exact) mass is 405 g/mol. The van der Waals surface area contributed by atoms with Gasteiger partial charge in [0.2, 0.25) is 11.8 Å². The van der Waals surface area contributed by atoms with Gasteiger partial charge in [0, 0.05) is 39.5 Å². The number of amides is 3. The van der Waals surface area contributed by atoms with Crippen molar-refractivity contribution >= 4 is 29.4 Å². The summed E-state index contributed by atoms with van der Waals surface area (Å²) in [6, 6.07) is 5.34. The summed E-state index contributed by atoms with van der Waals surface area (Å²) in [5.41, 5.74) is 1.44. The number of anilines is 1. The first-order valence-electron chi connectivity index (χ1n) is 9.43. The molecule has 1 N–H and O–H groups in total. The lowest BCUT2D eigenvalue weighted by Gasteiger charge is -2.34. The van der Waals surface area contributed by atoms with Gasteiger partial charge < -0.3 is 24.6 Å². The lowest BCUT2D eigenvalue weighted by atomic mass is 10.2. The number of hydrogen-bond donors (Lipinski definition) is 1. The second kappa shape index (κ2) is 10.4. The predicted molar refractivity (Wildman–Crippen MR) is 105 cm³/mol. The van der Waals surface area contributed by atoms with Gasteiger partial charge in [0.1, 0.15) is 5.75 Å². The van der Waals surface area contributed by atoms with Gasteiger partial charge in [-0.3, -0.25) is 19.2 Å². The van der Waals surface area contributed by atoms with Crippen LogP contribution in [0, 0.1) is 6.92 Å². The number of rotatable bonds is 7. The van der Waals surface area contributed by atoms with Crippen molar-refractivity contribution in [3.63, 3.8) is 0 Å². The first kappa shape index (κ1) is 22.2. The molecule has 9 heteroatoms. The van der Waals surface area contributed by atoms with E-state index >= 15 is 0 Å². The molecule has 9 nitrogen and oxygen atoms in total. The Bertz CT molecular complexity index is 771. The minimum atomic E-state index is -0.618. The number of ether oxygens (including phenoxy) is 2. The van der Waals surface area contributed by atoms with Crippen molar-refractivity contribution in [2.24, 2.45) is 0 Å². The summed E-state index contributed by atoms with van der Waals surface area (Å²) in [4.78, 5) is 50.7. The lowest BCUT2D eigenvalue weighted by molar-refractivity contribution is -0.149. The van der Waals surface area contributed by atoms with Crippen LogP contribution in [-0.4, -0.2) is 73.4 Å². The first-order chi connectivity index (χ1) is 13.8. The summed E-state index contributed by atoms with van der Waals surface area (Å²) in [7, 11) is 1.50. The number of methoxy groups -OCH3 is 1. The second-order valence-corrected chi connectivity index (χ2v) is 6.80. The number of hydrogen-bond acceptors (Lipinski definition) is 6. The Morgan fingerprint density at radius 1 is 1.03 bits per heavy atom. The molecular weight excluding hydrogens is 378 g/mol. The molecule has 1 aromatic rings. The molecule has 1 saturated heterocycles. The van der Waals surface area contributed by atoms with Gasteiger partial charge in [0.25, 0.3) is 5.91 Å². The van der Waals surface area contributed by atoms with E-state index in [9.17, 15) is 19.2 Å². The SMILES string of the molecule is COc1ccc(C)cc1NC(=O)COC(=O)CCC(=O)N1CCN(C(C)=O)CC1. The highest BCUT2D eigenvalue weighted by Crippen LogP contribution is 2.25. The van der Waals surface area contributed by atoms with Gasteiger partial charge in [-0.25, -0.2) is 0 Å². The zero-order chi connectivity index (χ0) is 21.4. The molecule has 0 aliphatic carbocycles. The quantitative estimate of drug-likeness (QED) is 0.678. The van der Waals surface area contributed by atoms with Crippen LogP contribution in [0.3, 0.4) is 0 Å². The summed E-state index contributed by atoms with van der Waals surface area (Å²) in [6.07, 6.45) is -0.0982. The van der Waals surface area contributed by atoms with Crippen molar-refractivity contribution in [2.75, 3.05) is 45.2 Å². The topological polar surface area (TPSA) is 105 Å². The average Bonchev–Trinajstić information content (AvgIpc) is 2.70. The van der Waals surface area contributed by atoms with Crippen LogP contribution in [0.25, 0.3) is 0 Å². The van der Waals surface area contributed by atoms with Gasteiger partial charge in [-0.1, -0.05) is 6.07 Å². The lowest BCUT2D eigenvalue weighted by Crippen LogP contribution is -2.50. The normalized spacial score (nSPS) is 13.6. The van der Waals surface area contributed by atoms with E-state index in [0.29, 0.717) is 37.6 Å². The fraction of sp³-hybridized carbons (Fsp3) is 0.500. The molecular formula is C20H27N3O6. The minimum absolute atomic E-state index is 0.00618. The predicted octanol–water partition coefficient (Wildman–Crippen LogP) is 0.956. The molecule has 1 aromatic carbocycles. The molecule has 29 heavy (non-hydrogen) atoms. The van der Waals surface area contributed by atoms with Crippen LogP contribution in [0.5, 0.6) is 5.75 Å². The largest absolute Gasteiger partial charge is 0.495 e. The Labute approximate surface area is 169 Å². The number of nitrogens with one attached hydrogen (secondary N) is 1. The molecule has 0 bridgehead atoms. The highest BCUT2D eigenvalue weighted by molar-refractivity contribution is 5.94. The Morgan fingerprint density at radius 2 is 1.69 bits per heavy atom. The maximum atomic E-state index is 12.2. The van der Waals surface area contributed by atoms with E-state index in [2.05, 4.69) is 5.32 Å². The number of esters is 1. The smallest absolute Gasteiger partial charge is 0.306 e. The maximum absolute atomic E-state index is 12.2. The molecule has 158 valence electrons. The van der Waals surface area contributed by atoms with Gasteiger partial charge in [-0.2, -0.15) is 0 Å². The molecule has 0 saturated carbocycles. The zero-order valence-corrected chi connectivity index (χ0v) is 17.0. The zero-order valence-electron chi connectivity index (χ0n) is 17.0. The highest BCUT2D eigenvalue weighted by atomic mass is 16.5. The minimum Gasteiger partial charge on any atom is -0.495 e. The van der Waals surface area contributed by atoms with Crippen LogP contribution in [0.2, 0.25) is 0 Å². The van der Waals surface area contributed by atoms with E-state index in [1.807, 2.05) is 13.0 Å². The second-order valence-electron chi connectivity index (χ2n) is 6.80. The summed E-state index contributed by atoms with van der Waals surface area (Å²) < 4.78 is 10.1. The third-order valence-electron chi connectivity index (χ3n) is 4.61. The van der Waals surface area contributed by atoms with Crippen molar-refractivity contribution in [1.82, 2.24) is 9.80 Å². The van der Waals surface area contributed by atoms with Crippen molar-refractivity contribution < 1.29 is 28.7 Å². The molecule has 3 amide bonds. The number of carbonyl (C=O) groups excluding carboxylic acids is 4. The fourth-order valence-electron chi connectivity index (χ4n) is 2.96. The van der Waals surface area contributed by atoms with Crippen LogP contribution < -0.4 is 10.1 Å². The van der Waals surface area contributed by atoms with Crippen molar-refractivity contribution in [1.29, 1.82) is 0 Å². The van der Waals surface area contributed by atoms with E-state index in [4.69, 9.17) is 9.47 Å². The molecule has 0 unspecified atom stereocenters. The summed E-state index contributed by atoms with van der Waals surface area (Å²) in [5, 5.41) is 2.64. The average molecular weight is 405 g/mol. The number of nitrogens with zero attached hydrogens (tertiary/aromatic N) is 2. The molecule has 0 radical (unpaired) electrons. The third kappa shape index (κ3) is 6.78. The van der Waals surface area contributed by atoms with Crippen LogP contribution in [0.1, 0.15) is 25.3 Å². The van der Waals surface area contributed by atoms with Crippen molar-refractivity contribution in [2.45, 2.75) is 26.7 Å². The first-order valence-corrected chi connectivity index (χ1v) is 9.43. The molecule has 1 aliphatic rings. The third-order valence-corrected chi connectivity index (χ3v) is 4.61. The Balaban J connectivity index is 1.70. The Kier molecular flexibility index (Phi) is 7.99. The van der Waals surface area contributed by atoms with E-state index in [1.165, 1.54) is 14.0 Å². The van der Waals surface area contributed by atoms with E-state index < -0.39 is 18.5 Å². The van der Waals surface area contributed by atoms with Gasteiger partial charge in [-0.15, -0.1) is 0 Å². The maximum Gasteiger partial charge on any atom is 0.306 e. The molecule has 2 rings (SSSR count). The number of aryl methyl sites for hydroxylation is 1. The van der Waals surface area contributed by atoms with Gasteiger partial charge in [0.15, 0.2) is 6.61 Å². The van der Waals surface area contributed by atoms with Crippen LogP contribution in [-0.2, 0) is 23.9 Å². The fourth-order valence-corrected chi connectivity index (χ4v) is 2.96. The van der Waals surface area contributed by atoms with Gasteiger partial charge >= 0.3 is 5.97 Å². The van der Waals surface area contributed by atoms with Crippen LogP contribution in [0.4, 0.5) is 5.69 Å². The van der Waals surface area contributed by atoms with Gasteiger partial charge in [0.05, 0.1) is 19.2 Å². The van der Waals surface area contributed by atoms with Gasteiger partial charge in [-0.05, 0) is 24.6 Å². The number of benzene rings is 1. The van der Waals surface area contributed by atoms with E-state index in [0.717, 1.165) is 5.56 Å². The number of carbonyl (C=O) groups is 4. The Morgan fingerprint density at radius 3 is 2.31 bits per heavy atom. The van der Waals surface area contributed by atoms with Crippen LogP contribution in [0.15, 0.2) is 18.2 Å². The summed E-state index contributed by atoms with van der Waals surface area (Å²) >= 11 is 0. The van der Waals surface area contributed by atoms with Crippen LogP contribution >= 0.6 is 0 Å².